The standard InChI is InChI=1S/C8H10Cl2N2O2S2.ClH/c9-7-3-6(8(10)15-7)16(13,14)12-2-1-5(11)4-12;/h3,5H,1-2,4,11H2;1H/t5-;/m1./s1. The number of sulfonamides is 1. The van der Waals surface area contributed by atoms with Gasteiger partial charge in [0.2, 0.25) is 10.0 Å². The molecule has 9 heteroatoms. The zero-order valence-corrected chi connectivity index (χ0v) is 12.6. The maximum atomic E-state index is 12.1. The highest BCUT2D eigenvalue weighted by molar-refractivity contribution is 7.89. The fourth-order valence-electron chi connectivity index (χ4n) is 1.61. The van der Waals surface area contributed by atoms with Crippen molar-refractivity contribution in [2.24, 2.45) is 5.73 Å². The summed E-state index contributed by atoms with van der Waals surface area (Å²) in [5.74, 6) is 0. The van der Waals surface area contributed by atoms with Crippen molar-refractivity contribution in [2.75, 3.05) is 13.1 Å². The van der Waals surface area contributed by atoms with Gasteiger partial charge in [0.25, 0.3) is 0 Å². The van der Waals surface area contributed by atoms with E-state index in [9.17, 15) is 8.42 Å². The van der Waals surface area contributed by atoms with Gasteiger partial charge < -0.3 is 5.73 Å². The van der Waals surface area contributed by atoms with Crippen molar-refractivity contribution in [3.05, 3.63) is 14.7 Å². The molecule has 1 aliphatic rings. The van der Waals surface area contributed by atoms with Crippen LogP contribution in [-0.2, 0) is 10.0 Å². The molecular formula is C8H11Cl3N2O2S2. The Bertz CT molecular complexity index is 503. The smallest absolute Gasteiger partial charge is 0.245 e. The third-order valence-electron chi connectivity index (χ3n) is 2.43. The second-order valence-corrected chi connectivity index (χ2v) is 7.79. The summed E-state index contributed by atoms with van der Waals surface area (Å²) >= 11 is 12.6. The lowest BCUT2D eigenvalue weighted by Crippen LogP contribution is -2.31. The molecule has 0 bridgehead atoms. The minimum Gasteiger partial charge on any atom is -0.326 e. The first-order valence-electron chi connectivity index (χ1n) is 4.62. The predicted octanol–water partition coefficient (Wildman–Crippen LogP) is 2.20. The van der Waals surface area contributed by atoms with E-state index in [0.29, 0.717) is 23.8 Å². The molecule has 0 aliphatic carbocycles. The molecule has 0 aromatic carbocycles. The van der Waals surface area contributed by atoms with E-state index in [0.717, 1.165) is 11.3 Å². The zero-order valence-electron chi connectivity index (χ0n) is 8.60. The van der Waals surface area contributed by atoms with Crippen LogP contribution >= 0.6 is 46.9 Å². The first kappa shape index (κ1) is 15.5. The molecule has 1 aromatic heterocycles. The topological polar surface area (TPSA) is 63.4 Å². The van der Waals surface area contributed by atoms with E-state index in [2.05, 4.69) is 0 Å². The number of hydrogen-bond acceptors (Lipinski definition) is 4. The van der Waals surface area contributed by atoms with Gasteiger partial charge in [0.1, 0.15) is 9.23 Å². The van der Waals surface area contributed by atoms with Gasteiger partial charge in [-0.2, -0.15) is 4.31 Å². The molecule has 2 N–H and O–H groups in total. The van der Waals surface area contributed by atoms with Crippen LogP contribution in [0, 0.1) is 0 Å². The van der Waals surface area contributed by atoms with E-state index in [-0.39, 0.29) is 27.7 Å². The molecule has 0 radical (unpaired) electrons. The van der Waals surface area contributed by atoms with Gasteiger partial charge in [0.15, 0.2) is 0 Å². The Balaban J connectivity index is 0.00000144. The predicted molar refractivity (Wildman–Crippen MR) is 72.9 cm³/mol. The van der Waals surface area contributed by atoms with E-state index in [1.165, 1.54) is 10.4 Å². The molecule has 0 saturated carbocycles. The molecular weight excluding hydrogens is 327 g/mol. The average molecular weight is 338 g/mol. The van der Waals surface area contributed by atoms with Gasteiger partial charge in [-0.15, -0.1) is 23.7 Å². The summed E-state index contributed by atoms with van der Waals surface area (Å²) in [6.45, 7) is 0.777. The molecule has 2 rings (SSSR count). The Labute approximate surface area is 120 Å². The first-order chi connectivity index (χ1) is 7.41. The lowest BCUT2D eigenvalue weighted by molar-refractivity contribution is 0.473. The molecule has 1 aromatic rings. The van der Waals surface area contributed by atoms with Crippen LogP contribution in [0.25, 0.3) is 0 Å². The van der Waals surface area contributed by atoms with E-state index in [4.69, 9.17) is 28.9 Å². The molecule has 0 amide bonds. The molecule has 4 nitrogen and oxygen atoms in total. The lowest BCUT2D eigenvalue weighted by Gasteiger charge is -2.14. The summed E-state index contributed by atoms with van der Waals surface area (Å²) in [4.78, 5) is 0.0817. The highest BCUT2D eigenvalue weighted by Crippen LogP contribution is 2.36. The van der Waals surface area contributed by atoms with Crippen molar-refractivity contribution in [3.8, 4) is 0 Å². The minimum atomic E-state index is -3.53. The van der Waals surface area contributed by atoms with Crippen molar-refractivity contribution in [2.45, 2.75) is 17.4 Å². The monoisotopic (exact) mass is 336 g/mol. The highest BCUT2D eigenvalue weighted by Gasteiger charge is 2.33. The SMILES string of the molecule is Cl.N[C@@H]1CCN(S(=O)(=O)c2cc(Cl)sc2Cl)C1. The quantitative estimate of drug-likeness (QED) is 0.900. The molecule has 2 heterocycles. The molecule has 1 aliphatic heterocycles. The summed E-state index contributed by atoms with van der Waals surface area (Å²) in [5.41, 5.74) is 5.68. The summed E-state index contributed by atoms with van der Waals surface area (Å²) in [5, 5.41) is 0. The summed E-state index contributed by atoms with van der Waals surface area (Å²) < 4.78 is 26.2. The van der Waals surface area contributed by atoms with Crippen LogP contribution in [-0.4, -0.2) is 31.9 Å². The Morgan fingerprint density at radius 2 is 2.12 bits per heavy atom. The first-order valence-corrected chi connectivity index (χ1v) is 7.63. The van der Waals surface area contributed by atoms with Crippen LogP contribution in [0.2, 0.25) is 8.67 Å². The number of thiophene rings is 1. The van der Waals surface area contributed by atoms with Crippen LogP contribution in [0.5, 0.6) is 0 Å². The van der Waals surface area contributed by atoms with Crippen molar-refractivity contribution in [3.63, 3.8) is 0 Å². The van der Waals surface area contributed by atoms with Gasteiger partial charge in [0, 0.05) is 19.1 Å². The number of hydrogen-bond donors (Lipinski definition) is 1. The van der Waals surface area contributed by atoms with Crippen LogP contribution in [0.4, 0.5) is 0 Å². The molecule has 1 saturated heterocycles. The minimum absolute atomic E-state index is 0. The van der Waals surface area contributed by atoms with Gasteiger partial charge in [0.05, 0.1) is 4.34 Å². The molecule has 0 unspecified atom stereocenters. The molecule has 1 fully saturated rings. The number of rotatable bonds is 2. The highest BCUT2D eigenvalue weighted by atomic mass is 35.5. The molecule has 98 valence electrons. The van der Waals surface area contributed by atoms with Crippen LogP contribution in [0.3, 0.4) is 0 Å². The summed E-state index contributed by atoms with van der Waals surface area (Å²) in [6.07, 6.45) is 0.675. The third kappa shape index (κ3) is 3.07. The Hall–Kier alpha value is 0.440. The average Bonchev–Trinajstić information content (AvgIpc) is 2.73. The summed E-state index contributed by atoms with van der Waals surface area (Å²) in [7, 11) is -3.53. The molecule has 0 spiro atoms. The Morgan fingerprint density at radius 3 is 2.53 bits per heavy atom. The fraction of sp³-hybridized carbons (Fsp3) is 0.500. The van der Waals surface area contributed by atoms with Gasteiger partial charge in [-0.3, -0.25) is 0 Å². The van der Waals surface area contributed by atoms with Crippen LogP contribution < -0.4 is 5.73 Å². The van der Waals surface area contributed by atoms with Crippen molar-refractivity contribution in [1.82, 2.24) is 4.31 Å². The Kier molecular flexibility index (Phi) is 5.11. The second-order valence-electron chi connectivity index (χ2n) is 3.60. The fourth-order valence-corrected chi connectivity index (χ4v) is 5.24. The van der Waals surface area contributed by atoms with Crippen LogP contribution in [0.1, 0.15) is 6.42 Å². The van der Waals surface area contributed by atoms with Crippen LogP contribution in [0.15, 0.2) is 11.0 Å². The van der Waals surface area contributed by atoms with E-state index < -0.39 is 10.0 Å². The molecule has 17 heavy (non-hydrogen) atoms. The Morgan fingerprint density at radius 1 is 1.47 bits per heavy atom. The number of nitrogens with zero attached hydrogens (tertiary/aromatic N) is 1. The largest absolute Gasteiger partial charge is 0.326 e. The van der Waals surface area contributed by atoms with Gasteiger partial charge >= 0.3 is 0 Å². The van der Waals surface area contributed by atoms with E-state index in [1.807, 2.05) is 0 Å². The molecule has 1 atom stereocenters. The maximum Gasteiger partial charge on any atom is 0.245 e. The zero-order chi connectivity index (χ0) is 11.9. The van der Waals surface area contributed by atoms with E-state index in [1.54, 1.807) is 0 Å². The van der Waals surface area contributed by atoms with Crippen molar-refractivity contribution >= 4 is 57.0 Å². The number of nitrogens with two attached hydrogens (primary N) is 1. The van der Waals surface area contributed by atoms with Crippen molar-refractivity contribution < 1.29 is 8.42 Å². The maximum absolute atomic E-state index is 12.1. The third-order valence-corrected chi connectivity index (χ3v) is 6.05. The van der Waals surface area contributed by atoms with Gasteiger partial charge in [-0.25, -0.2) is 8.42 Å². The van der Waals surface area contributed by atoms with E-state index >= 15 is 0 Å². The number of halogens is 3. The van der Waals surface area contributed by atoms with Gasteiger partial charge in [-0.1, -0.05) is 23.2 Å². The van der Waals surface area contributed by atoms with Crippen molar-refractivity contribution in [1.29, 1.82) is 0 Å². The van der Waals surface area contributed by atoms with Gasteiger partial charge in [-0.05, 0) is 12.5 Å². The lowest BCUT2D eigenvalue weighted by atomic mass is 10.3. The normalized spacial score (nSPS) is 21.5. The summed E-state index contributed by atoms with van der Waals surface area (Å²) in [6, 6.07) is 1.29. The second kappa shape index (κ2) is 5.61.